The quantitative estimate of drug-likeness (QED) is 0.727. The zero-order chi connectivity index (χ0) is 12.3. The Bertz CT molecular complexity index is 544. The number of aliphatic hydroxyl groups is 1. The summed E-state index contributed by atoms with van der Waals surface area (Å²) in [6.07, 6.45) is 1.59. The van der Waals surface area contributed by atoms with Gasteiger partial charge in [-0.25, -0.2) is 4.79 Å². The third-order valence-corrected chi connectivity index (χ3v) is 2.84. The van der Waals surface area contributed by atoms with Crippen molar-refractivity contribution >= 4 is 11.1 Å². The maximum Gasteiger partial charge on any atom is 0.417 e. The van der Waals surface area contributed by atoms with Crippen LogP contribution in [0, 0.1) is 0 Å². The molecule has 1 aromatic heterocycles. The average molecular weight is 236 g/mol. The molecule has 5 nitrogen and oxygen atoms in total. The van der Waals surface area contributed by atoms with Crippen molar-refractivity contribution in [2.24, 2.45) is 0 Å². The van der Waals surface area contributed by atoms with Crippen LogP contribution in [0.3, 0.4) is 0 Å². The van der Waals surface area contributed by atoms with Gasteiger partial charge in [0.25, 0.3) is 0 Å². The highest BCUT2D eigenvalue weighted by molar-refractivity contribution is 5.72. The van der Waals surface area contributed by atoms with Crippen LogP contribution in [-0.2, 0) is 0 Å². The van der Waals surface area contributed by atoms with Gasteiger partial charge in [0, 0.05) is 12.6 Å². The molecule has 1 heterocycles. The van der Waals surface area contributed by atoms with Crippen molar-refractivity contribution in [3.05, 3.63) is 34.3 Å². The molecule has 92 valence electrons. The Balaban J connectivity index is 2.30. The van der Waals surface area contributed by atoms with Gasteiger partial charge in [0.05, 0.1) is 5.52 Å². The van der Waals surface area contributed by atoms with Gasteiger partial charge < -0.3 is 14.8 Å². The van der Waals surface area contributed by atoms with Gasteiger partial charge >= 0.3 is 5.76 Å². The Kier molecular flexibility index (Phi) is 3.61. The minimum Gasteiger partial charge on any atom is -0.408 e. The van der Waals surface area contributed by atoms with E-state index in [1.54, 1.807) is 6.07 Å². The highest BCUT2D eigenvalue weighted by atomic mass is 16.4. The number of aromatic nitrogens is 1. The van der Waals surface area contributed by atoms with E-state index in [4.69, 9.17) is 9.52 Å². The Morgan fingerprint density at radius 3 is 3.06 bits per heavy atom. The molecule has 0 saturated heterocycles. The van der Waals surface area contributed by atoms with Gasteiger partial charge in [0.1, 0.15) is 0 Å². The fourth-order valence-electron chi connectivity index (χ4n) is 1.96. The normalized spacial score (nSPS) is 13.1. The van der Waals surface area contributed by atoms with Crippen molar-refractivity contribution in [2.45, 2.75) is 18.9 Å². The molecule has 0 amide bonds. The lowest BCUT2D eigenvalue weighted by atomic mass is 10.0. The summed E-state index contributed by atoms with van der Waals surface area (Å²) in [7, 11) is 1.88. The van der Waals surface area contributed by atoms with E-state index in [0.29, 0.717) is 11.1 Å². The molecule has 1 atom stereocenters. The summed E-state index contributed by atoms with van der Waals surface area (Å²) in [5.74, 6) is -0.437. The Labute approximate surface area is 98.5 Å². The second kappa shape index (κ2) is 5.16. The van der Waals surface area contributed by atoms with Gasteiger partial charge in [-0.3, -0.25) is 4.98 Å². The summed E-state index contributed by atoms with van der Waals surface area (Å²) in [6.45, 7) is 0.183. The van der Waals surface area contributed by atoms with Gasteiger partial charge in [0.2, 0.25) is 0 Å². The number of fused-ring (bicyclic) bond motifs is 1. The Morgan fingerprint density at radius 2 is 2.35 bits per heavy atom. The van der Waals surface area contributed by atoms with Gasteiger partial charge in [-0.2, -0.15) is 0 Å². The maximum absolute atomic E-state index is 11.0. The number of benzene rings is 1. The monoisotopic (exact) mass is 236 g/mol. The van der Waals surface area contributed by atoms with Crippen LogP contribution in [0.15, 0.2) is 27.4 Å². The van der Waals surface area contributed by atoms with Crippen molar-refractivity contribution in [3.63, 3.8) is 0 Å². The molecule has 1 unspecified atom stereocenters. The van der Waals surface area contributed by atoms with Crippen molar-refractivity contribution in [2.75, 3.05) is 13.7 Å². The predicted molar refractivity (Wildman–Crippen MR) is 65.0 cm³/mol. The van der Waals surface area contributed by atoms with Crippen LogP contribution in [-0.4, -0.2) is 23.7 Å². The molecule has 0 fully saturated rings. The number of nitrogens with one attached hydrogen (secondary N) is 2. The van der Waals surface area contributed by atoms with E-state index in [9.17, 15) is 4.79 Å². The standard InChI is InChI=1S/C12H16N2O3/c1-13-9(3-2-6-15)8-4-5-11-10(7-8)14-12(16)17-11/h4-5,7,9,13,15H,2-3,6H2,1H3,(H,14,16). The zero-order valence-corrected chi connectivity index (χ0v) is 9.69. The molecule has 2 rings (SSSR count). The molecule has 17 heavy (non-hydrogen) atoms. The van der Waals surface area contributed by atoms with Crippen LogP contribution in [0.2, 0.25) is 0 Å². The summed E-state index contributed by atoms with van der Waals surface area (Å²) in [6, 6.07) is 5.78. The molecule has 5 heteroatoms. The second-order valence-corrected chi connectivity index (χ2v) is 3.98. The second-order valence-electron chi connectivity index (χ2n) is 3.98. The molecule has 0 saturated carbocycles. The lowest BCUT2D eigenvalue weighted by Gasteiger charge is -2.15. The van der Waals surface area contributed by atoms with Crippen LogP contribution in [0.25, 0.3) is 11.1 Å². The van der Waals surface area contributed by atoms with E-state index in [-0.39, 0.29) is 12.6 Å². The molecule has 0 radical (unpaired) electrons. The van der Waals surface area contributed by atoms with Gasteiger partial charge in [-0.05, 0) is 37.6 Å². The summed E-state index contributed by atoms with van der Waals surface area (Å²) in [4.78, 5) is 13.7. The highest BCUT2D eigenvalue weighted by Gasteiger charge is 2.10. The first kappa shape index (κ1) is 11.9. The number of hydrogen-bond donors (Lipinski definition) is 3. The van der Waals surface area contributed by atoms with Crippen molar-refractivity contribution in [1.29, 1.82) is 0 Å². The maximum atomic E-state index is 11.0. The van der Waals surface area contributed by atoms with Gasteiger partial charge in [-0.15, -0.1) is 0 Å². The number of aliphatic hydroxyl groups excluding tert-OH is 1. The van der Waals surface area contributed by atoms with Gasteiger partial charge in [0.15, 0.2) is 5.58 Å². The smallest absolute Gasteiger partial charge is 0.408 e. The predicted octanol–water partition coefficient (Wildman–Crippen LogP) is 1.15. The SMILES string of the molecule is CNC(CCCO)c1ccc2oc(=O)[nH]c2c1. The molecule has 0 aliphatic heterocycles. The summed E-state index contributed by atoms with van der Waals surface area (Å²) in [5, 5.41) is 12.0. The summed E-state index contributed by atoms with van der Waals surface area (Å²) in [5.41, 5.74) is 2.35. The molecule has 0 aliphatic carbocycles. The van der Waals surface area contributed by atoms with E-state index in [0.717, 1.165) is 18.4 Å². The van der Waals surface area contributed by atoms with Crippen molar-refractivity contribution in [3.8, 4) is 0 Å². The molecule has 2 aromatic rings. The van der Waals surface area contributed by atoms with E-state index in [2.05, 4.69) is 10.3 Å². The minimum absolute atomic E-state index is 0.171. The van der Waals surface area contributed by atoms with E-state index >= 15 is 0 Å². The van der Waals surface area contributed by atoms with E-state index in [1.807, 2.05) is 19.2 Å². The molecule has 0 aliphatic rings. The third kappa shape index (κ3) is 2.57. The lowest BCUT2D eigenvalue weighted by Crippen LogP contribution is -2.16. The zero-order valence-electron chi connectivity index (χ0n) is 9.69. The third-order valence-electron chi connectivity index (χ3n) is 2.84. The first-order valence-electron chi connectivity index (χ1n) is 5.65. The lowest BCUT2D eigenvalue weighted by molar-refractivity contribution is 0.276. The molecule has 0 spiro atoms. The average Bonchev–Trinajstić information content (AvgIpc) is 2.69. The van der Waals surface area contributed by atoms with E-state index < -0.39 is 5.76 Å². The van der Waals surface area contributed by atoms with Crippen LogP contribution >= 0.6 is 0 Å². The molecular weight excluding hydrogens is 220 g/mol. The van der Waals surface area contributed by atoms with Crippen molar-refractivity contribution in [1.82, 2.24) is 10.3 Å². The molecule has 0 bridgehead atoms. The number of hydrogen-bond acceptors (Lipinski definition) is 4. The number of oxazole rings is 1. The topological polar surface area (TPSA) is 78.3 Å². The van der Waals surface area contributed by atoms with Crippen LogP contribution in [0.5, 0.6) is 0 Å². The Hall–Kier alpha value is -1.59. The highest BCUT2D eigenvalue weighted by Crippen LogP contribution is 2.21. The fraction of sp³-hybridized carbons (Fsp3) is 0.417. The first-order chi connectivity index (χ1) is 8.24. The van der Waals surface area contributed by atoms with Gasteiger partial charge in [-0.1, -0.05) is 6.07 Å². The molecule has 1 aromatic carbocycles. The van der Waals surface area contributed by atoms with Crippen LogP contribution in [0.1, 0.15) is 24.4 Å². The number of aromatic amines is 1. The van der Waals surface area contributed by atoms with Crippen LogP contribution < -0.4 is 11.1 Å². The van der Waals surface area contributed by atoms with Crippen LogP contribution in [0.4, 0.5) is 0 Å². The van der Waals surface area contributed by atoms with Crippen molar-refractivity contribution < 1.29 is 9.52 Å². The van der Waals surface area contributed by atoms with E-state index in [1.165, 1.54) is 0 Å². The Morgan fingerprint density at radius 1 is 1.53 bits per heavy atom. The fourth-order valence-corrected chi connectivity index (χ4v) is 1.96. The summed E-state index contributed by atoms with van der Waals surface area (Å²) < 4.78 is 4.95. The summed E-state index contributed by atoms with van der Waals surface area (Å²) >= 11 is 0. The first-order valence-corrected chi connectivity index (χ1v) is 5.65. The molecule has 3 N–H and O–H groups in total. The number of rotatable bonds is 5. The number of H-pyrrole nitrogens is 1. The largest absolute Gasteiger partial charge is 0.417 e. The minimum atomic E-state index is -0.437. The molecular formula is C12H16N2O3.